The molecule has 0 bridgehead atoms. The lowest BCUT2D eigenvalue weighted by Gasteiger charge is -2.28. The fourth-order valence-electron chi connectivity index (χ4n) is 3.09. The third-order valence-electron chi connectivity index (χ3n) is 5.41. The lowest BCUT2D eigenvalue weighted by atomic mass is 10.2. The number of fused-ring (bicyclic) bond motifs is 1. The number of likely N-dealkylation sites (N-methyl/N-ethyl adjacent to an activating group) is 1. The van der Waals surface area contributed by atoms with Gasteiger partial charge in [-0.2, -0.15) is 0 Å². The molecule has 0 aliphatic carbocycles. The average molecular weight is 646 g/mol. The average Bonchev–Trinajstić information content (AvgIpc) is 3.32. The van der Waals surface area contributed by atoms with Crippen molar-refractivity contribution in [3.63, 3.8) is 0 Å². The van der Waals surface area contributed by atoms with Crippen LogP contribution in [-0.4, -0.2) is 112 Å². The van der Waals surface area contributed by atoms with Crippen LogP contribution in [0.1, 0.15) is 76.2 Å². The maximum atomic E-state index is 11.5. The number of nitrogens with zero attached hydrogens (tertiary/aromatic N) is 5. The van der Waals surface area contributed by atoms with Crippen molar-refractivity contribution >= 4 is 29.0 Å². The summed E-state index contributed by atoms with van der Waals surface area (Å²) >= 11 is 0. The van der Waals surface area contributed by atoms with E-state index in [9.17, 15) is 14.4 Å². The molecular weight excluding hydrogens is 586 g/mol. The van der Waals surface area contributed by atoms with Gasteiger partial charge in [0.05, 0.1) is 20.1 Å². The number of carboxylic acids is 1. The Kier molecular flexibility index (Phi) is 25.2. The predicted molar refractivity (Wildman–Crippen MR) is 175 cm³/mol. The van der Waals surface area contributed by atoms with Gasteiger partial charge in [0.25, 0.3) is 5.91 Å². The van der Waals surface area contributed by atoms with E-state index in [1.807, 2.05) is 12.1 Å². The van der Waals surface area contributed by atoms with Crippen LogP contribution in [0, 0.1) is 5.92 Å². The Bertz CT molecular complexity index is 1060. The molecule has 1 aromatic heterocycles. The number of hydroxylamine groups is 3. The maximum absolute atomic E-state index is 11.5. The summed E-state index contributed by atoms with van der Waals surface area (Å²) in [5, 5.41) is 27.5. The summed E-state index contributed by atoms with van der Waals surface area (Å²) in [6.45, 7) is 22.4. The lowest BCUT2D eigenvalue weighted by Crippen LogP contribution is -2.46. The molecular formula is C30H59N7O8. The normalized spacial score (nSPS) is 11.2. The topological polar surface area (TPSA) is 181 Å². The van der Waals surface area contributed by atoms with E-state index in [2.05, 4.69) is 65.5 Å². The van der Waals surface area contributed by atoms with Crippen molar-refractivity contribution in [1.29, 1.82) is 0 Å². The molecule has 0 aliphatic heterocycles. The first-order valence-electron chi connectivity index (χ1n) is 14.7. The zero-order valence-electron chi connectivity index (χ0n) is 29.9. The second kappa shape index (κ2) is 24.8. The highest BCUT2D eigenvalue weighted by atomic mass is 16.7. The zero-order chi connectivity index (χ0) is 35.9. The molecule has 0 fully saturated rings. The number of aromatic nitrogens is 3. The number of aliphatic carboxylic acids is 1. The van der Waals surface area contributed by atoms with E-state index in [1.54, 1.807) is 67.8 Å². The Hall–Kier alpha value is -3.53. The van der Waals surface area contributed by atoms with Gasteiger partial charge in [-0.15, -0.1) is 5.10 Å². The SMILES string of the molecule is CC(C)C(=O)O.CCN(C(C)C)C(C)C.CNOC.CON(C)C(=O)[C@H](C)NC(=O)OC(C)(C)C.On1nnc2ccccc21. The van der Waals surface area contributed by atoms with Crippen molar-refractivity contribution < 1.29 is 39.1 Å². The Morgan fingerprint density at radius 3 is 1.78 bits per heavy atom. The van der Waals surface area contributed by atoms with Crippen LogP contribution in [0.15, 0.2) is 24.3 Å². The molecule has 45 heavy (non-hydrogen) atoms. The van der Waals surface area contributed by atoms with Gasteiger partial charge in [0, 0.05) is 26.2 Å². The van der Waals surface area contributed by atoms with Gasteiger partial charge in [-0.05, 0) is 79.3 Å². The number of para-hydroxylation sites is 1. The number of alkyl carbamates (subject to hydrolysis) is 1. The zero-order valence-corrected chi connectivity index (χ0v) is 29.9. The standard InChI is InChI=1S/C10H20N2O4.C8H19N.C6H5N3O.C4H8O2.C2H7NO/c1-7(8(13)12(5)15-6)11-9(14)16-10(2,3)4;1-6-9(7(2)3)8(4)5;10-9-6-4-2-1-3-5(6)7-8-9;1-3(2)4(5)6;1-3-4-2/h7H,1-6H3,(H,11,14);7-8H,6H2,1-5H3;1-4,10H;3H,1-2H3,(H,5,6);3H,1-2H3/t7-;;;;/m0..../s1. The molecule has 0 radical (unpaired) electrons. The highest BCUT2D eigenvalue weighted by Gasteiger charge is 2.23. The molecule has 262 valence electrons. The summed E-state index contributed by atoms with van der Waals surface area (Å²) in [6.07, 6.45) is -0.627. The van der Waals surface area contributed by atoms with Crippen LogP contribution in [-0.2, 0) is 24.0 Å². The predicted octanol–water partition coefficient (Wildman–Crippen LogP) is 4.21. The molecule has 0 spiro atoms. The minimum Gasteiger partial charge on any atom is -0.481 e. The molecule has 1 aromatic carbocycles. The van der Waals surface area contributed by atoms with Crippen molar-refractivity contribution in [2.75, 3.05) is 34.9 Å². The first-order chi connectivity index (χ1) is 20.7. The minimum absolute atomic E-state index is 0.231. The number of nitrogens with one attached hydrogen (secondary N) is 2. The molecule has 0 saturated heterocycles. The first kappa shape index (κ1) is 45.9. The Balaban J connectivity index is -0.000000527. The number of benzene rings is 1. The number of hydrogen-bond donors (Lipinski definition) is 4. The van der Waals surface area contributed by atoms with E-state index in [4.69, 9.17) is 19.9 Å². The van der Waals surface area contributed by atoms with Crippen molar-refractivity contribution in [3.8, 4) is 0 Å². The Morgan fingerprint density at radius 2 is 1.47 bits per heavy atom. The van der Waals surface area contributed by atoms with Gasteiger partial charge in [0.2, 0.25) is 0 Å². The molecule has 0 saturated carbocycles. The summed E-state index contributed by atoms with van der Waals surface area (Å²) < 4.78 is 5.01. The molecule has 4 N–H and O–H groups in total. The molecule has 0 unspecified atom stereocenters. The number of hydrogen-bond acceptors (Lipinski definition) is 11. The summed E-state index contributed by atoms with van der Waals surface area (Å²) in [6, 6.07) is 7.88. The van der Waals surface area contributed by atoms with Crippen LogP contribution in [0.25, 0.3) is 11.0 Å². The lowest BCUT2D eigenvalue weighted by molar-refractivity contribution is -0.170. The van der Waals surface area contributed by atoms with Gasteiger partial charge in [-0.3, -0.25) is 19.3 Å². The van der Waals surface area contributed by atoms with Gasteiger partial charge < -0.3 is 25.2 Å². The summed E-state index contributed by atoms with van der Waals surface area (Å²) in [4.78, 5) is 44.8. The fraction of sp³-hybridized carbons (Fsp3) is 0.700. The monoisotopic (exact) mass is 645 g/mol. The van der Waals surface area contributed by atoms with Crippen LogP contribution < -0.4 is 10.8 Å². The number of rotatable bonds is 8. The first-order valence-corrected chi connectivity index (χ1v) is 14.7. The molecule has 1 heterocycles. The number of carbonyl (C=O) groups is 3. The van der Waals surface area contributed by atoms with Crippen molar-refractivity contribution in [3.05, 3.63) is 24.3 Å². The highest BCUT2D eigenvalue weighted by molar-refractivity contribution is 5.84. The number of amides is 2. The van der Waals surface area contributed by atoms with Crippen molar-refractivity contribution in [2.45, 2.75) is 99.9 Å². The van der Waals surface area contributed by atoms with E-state index >= 15 is 0 Å². The second-order valence-corrected chi connectivity index (χ2v) is 11.3. The van der Waals surface area contributed by atoms with E-state index in [1.165, 1.54) is 14.2 Å². The van der Waals surface area contributed by atoms with Crippen LogP contribution >= 0.6 is 0 Å². The number of carbonyl (C=O) groups excluding carboxylic acids is 2. The van der Waals surface area contributed by atoms with Crippen LogP contribution in [0.2, 0.25) is 0 Å². The van der Waals surface area contributed by atoms with E-state index in [-0.39, 0.29) is 11.8 Å². The van der Waals surface area contributed by atoms with E-state index in [0.717, 1.165) is 16.5 Å². The minimum atomic E-state index is -0.741. The summed E-state index contributed by atoms with van der Waals surface area (Å²) in [7, 11) is 6.12. The quantitative estimate of drug-likeness (QED) is 0.238. The molecule has 0 aliphatic rings. The Labute approximate surface area is 269 Å². The van der Waals surface area contributed by atoms with Crippen LogP contribution in [0.3, 0.4) is 0 Å². The molecule has 15 heteroatoms. The molecule has 1 atom stereocenters. The largest absolute Gasteiger partial charge is 0.481 e. The summed E-state index contributed by atoms with van der Waals surface area (Å²) in [5.41, 5.74) is 3.17. The van der Waals surface area contributed by atoms with Gasteiger partial charge in [0.15, 0.2) is 0 Å². The Morgan fingerprint density at radius 1 is 1.00 bits per heavy atom. The highest BCUT2D eigenvalue weighted by Crippen LogP contribution is 2.08. The van der Waals surface area contributed by atoms with Crippen LogP contribution in [0.5, 0.6) is 0 Å². The maximum Gasteiger partial charge on any atom is 0.408 e. The summed E-state index contributed by atoms with van der Waals surface area (Å²) in [5.74, 6) is -1.33. The molecule has 15 nitrogen and oxygen atoms in total. The third kappa shape index (κ3) is 23.5. The van der Waals surface area contributed by atoms with Gasteiger partial charge in [-0.1, -0.05) is 37.7 Å². The number of carboxylic acid groups (broad SMARTS) is 1. The van der Waals surface area contributed by atoms with Gasteiger partial charge >= 0.3 is 12.1 Å². The number of ether oxygens (including phenoxy) is 1. The van der Waals surface area contributed by atoms with Crippen molar-refractivity contribution in [1.82, 2.24) is 35.9 Å². The third-order valence-corrected chi connectivity index (χ3v) is 5.41. The van der Waals surface area contributed by atoms with Gasteiger partial charge in [-0.25, -0.2) is 15.3 Å². The fourth-order valence-corrected chi connectivity index (χ4v) is 3.09. The van der Waals surface area contributed by atoms with Crippen LogP contribution in [0.4, 0.5) is 4.79 Å². The smallest absolute Gasteiger partial charge is 0.408 e. The van der Waals surface area contributed by atoms with E-state index < -0.39 is 23.7 Å². The molecule has 2 amide bonds. The van der Waals surface area contributed by atoms with E-state index in [0.29, 0.717) is 23.1 Å². The van der Waals surface area contributed by atoms with Gasteiger partial charge in [0.1, 0.15) is 22.7 Å². The molecule has 2 aromatic rings. The molecule has 2 rings (SSSR count). The second-order valence-electron chi connectivity index (χ2n) is 11.3. The van der Waals surface area contributed by atoms with Crippen molar-refractivity contribution in [2.24, 2.45) is 5.92 Å².